The van der Waals surface area contributed by atoms with Crippen molar-refractivity contribution in [2.24, 2.45) is 5.92 Å². The molecular weight excluding hydrogens is 295 g/mol. The molecule has 0 fully saturated rings. The van der Waals surface area contributed by atoms with Gasteiger partial charge in [0.1, 0.15) is 0 Å². The molecule has 0 amide bonds. The Kier molecular flexibility index (Phi) is 14.0. The molecule has 2 heteroatoms. The summed E-state index contributed by atoms with van der Waals surface area (Å²) in [6, 6.07) is 0. The molecule has 0 bridgehead atoms. The fraction of sp³-hybridized carbons (Fsp3) is 0.250. The van der Waals surface area contributed by atoms with Gasteiger partial charge in [-0.1, -0.05) is 38.1 Å². The second-order valence-corrected chi connectivity index (χ2v) is 3.23. The van der Waals surface area contributed by atoms with Gasteiger partial charge in [0, 0.05) is 32.7 Å². The monoisotopic (exact) mass is 316 g/mol. The van der Waals surface area contributed by atoms with Crippen molar-refractivity contribution in [1.29, 1.82) is 0 Å². The van der Waals surface area contributed by atoms with Gasteiger partial charge in [0.2, 0.25) is 0 Å². The van der Waals surface area contributed by atoms with Crippen LogP contribution in [0.4, 0.5) is 0 Å². The summed E-state index contributed by atoms with van der Waals surface area (Å²) in [5.74, 6) is 0.441. The Hall–Kier alpha value is -0.656. The predicted octanol–water partition coefficient (Wildman–Crippen LogP) is 4.11. The van der Waals surface area contributed by atoms with E-state index in [1.165, 1.54) is 0 Å². The third-order valence-corrected chi connectivity index (χ3v) is 1.94. The number of nitrogens with one attached hydrogen (secondary N) is 1. The summed E-state index contributed by atoms with van der Waals surface area (Å²) in [4.78, 5) is 0. The normalized spacial score (nSPS) is 17.4. The predicted molar refractivity (Wildman–Crippen MR) is 75.8 cm³/mol. The molecule has 1 aliphatic rings. The molecule has 1 atom stereocenters. The van der Waals surface area contributed by atoms with E-state index in [0.29, 0.717) is 5.92 Å². The van der Waals surface area contributed by atoms with Crippen molar-refractivity contribution in [2.45, 2.75) is 20.8 Å². The van der Waals surface area contributed by atoms with Crippen LogP contribution in [0, 0.1) is 18.1 Å². The van der Waals surface area contributed by atoms with E-state index >= 15 is 0 Å². The summed E-state index contributed by atoms with van der Waals surface area (Å²) >= 11 is 0. The summed E-state index contributed by atoms with van der Waals surface area (Å²) < 4.78 is 0. The van der Waals surface area contributed by atoms with E-state index < -0.39 is 0 Å². The van der Waals surface area contributed by atoms with Crippen molar-refractivity contribution >= 4 is 0 Å². The number of allylic oxidation sites excluding steroid dienone is 8. The topological polar surface area (TPSA) is 12.0 Å². The van der Waals surface area contributed by atoms with Gasteiger partial charge >= 0.3 is 0 Å². The summed E-state index contributed by atoms with van der Waals surface area (Å²) in [6.45, 7) is 13.4. The molecule has 0 heterocycles. The average molecular weight is 316 g/mol. The maximum Gasteiger partial charge on any atom is 0 e. The molecule has 1 nitrogen and oxygen atoms in total. The zero-order valence-electron chi connectivity index (χ0n) is 11.5. The second-order valence-electron chi connectivity index (χ2n) is 3.23. The van der Waals surface area contributed by atoms with Gasteiger partial charge in [0.25, 0.3) is 0 Å². The fourth-order valence-electron chi connectivity index (χ4n) is 1.13. The largest absolute Gasteiger partial charge is 0.401 e. The van der Waals surface area contributed by atoms with Gasteiger partial charge in [-0.25, -0.2) is 0 Å². The Bertz CT molecular complexity index is 359. The maximum atomic E-state index is 3.69. The van der Waals surface area contributed by atoms with Crippen LogP contribution < -0.4 is 5.32 Å². The van der Waals surface area contributed by atoms with Gasteiger partial charge in [-0.2, -0.15) is 43.5 Å². The van der Waals surface area contributed by atoms with Crippen molar-refractivity contribution in [3.63, 3.8) is 0 Å². The molecule has 95 valence electrons. The quantitative estimate of drug-likeness (QED) is 0.608. The minimum atomic E-state index is 0. The second kappa shape index (κ2) is 12.8. The van der Waals surface area contributed by atoms with Crippen molar-refractivity contribution in [1.82, 2.24) is 5.32 Å². The smallest absolute Gasteiger partial charge is 0 e. The molecule has 0 saturated heterocycles. The summed E-state index contributed by atoms with van der Waals surface area (Å²) in [5.41, 5.74) is 1.69. The van der Waals surface area contributed by atoms with Gasteiger partial charge in [0.05, 0.1) is 0 Å². The van der Waals surface area contributed by atoms with Crippen LogP contribution in [0.3, 0.4) is 0 Å². The van der Waals surface area contributed by atoms with Crippen LogP contribution in [-0.2, 0) is 32.7 Å². The van der Waals surface area contributed by atoms with Gasteiger partial charge in [0.15, 0.2) is 0 Å². The third kappa shape index (κ3) is 8.44. The summed E-state index contributed by atoms with van der Waals surface area (Å²) in [5, 5.41) is 3.15. The molecule has 0 aromatic heterocycles. The van der Waals surface area contributed by atoms with Crippen molar-refractivity contribution in [3.8, 4) is 0 Å². The first kappa shape index (κ1) is 19.7. The van der Waals surface area contributed by atoms with Crippen LogP contribution in [0.1, 0.15) is 20.8 Å². The van der Waals surface area contributed by atoms with E-state index in [2.05, 4.69) is 49.7 Å². The van der Waals surface area contributed by atoms with Gasteiger partial charge in [-0.3, -0.25) is 0 Å². The van der Waals surface area contributed by atoms with E-state index in [1.807, 2.05) is 26.0 Å². The van der Waals surface area contributed by atoms with Crippen molar-refractivity contribution in [3.05, 3.63) is 73.2 Å². The Labute approximate surface area is 137 Å². The van der Waals surface area contributed by atoms with Gasteiger partial charge in [-0.15, -0.1) is 18.2 Å². The Morgan fingerprint density at radius 2 is 2.06 bits per heavy atom. The molecular formula is C16H21NY-2. The first-order chi connectivity index (χ1) is 8.26. The first-order valence-electron chi connectivity index (χ1n) is 5.88. The Balaban J connectivity index is 0. The number of hydrogen-bond acceptors (Lipinski definition) is 1. The Morgan fingerprint density at radius 3 is 2.61 bits per heavy atom. The van der Waals surface area contributed by atoms with Crippen LogP contribution >= 0.6 is 0 Å². The zero-order chi connectivity index (χ0) is 13.1. The molecule has 1 aliphatic carbocycles. The van der Waals surface area contributed by atoms with E-state index in [-0.39, 0.29) is 32.7 Å². The van der Waals surface area contributed by atoms with Crippen LogP contribution in [0.25, 0.3) is 0 Å². The van der Waals surface area contributed by atoms with Crippen LogP contribution in [0.2, 0.25) is 0 Å². The summed E-state index contributed by atoms with van der Waals surface area (Å²) in [7, 11) is 0. The van der Waals surface area contributed by atoms with E-state index in [9.17, 15) is 0 Å². The van der Waals surface area contributed by atoms with Crippen molar-refractivity contribution in [2.75, 3.05) is 0 Å². The van der Waals surface area contributed by atoms with Gasteiger partial charge in [-0.05, 0) is 0 Å². The minimum Gasteiger partial charge on any atom is -0.401 e. The number of hydrogen-bond donors (Lipinski definition) is 1. The molecule has 1 N–H and O–H groups in total. The SMILES string of the molecule is C=C[C-]=C(C=C)NC1=[C-]C=CC(C)C=C1.CC.[Y]. The van der Waals surface area contributed by atoms with E-state index in [0.717, 1.165) is 11.4 Å². The third-order valence-electron chi connectivity index (χ3n) is 1.94. The van der Waals surface area contributed by atoms with E-state index in [1.54, 1.807) is 12.2 Å². The molecule has 0 spiro atoms. The molecule has 18 heavy (non-hydrogen) atoms. The molecule has 1 rings (SSSR count). The zero-order valence-corrected chi connectivity index (χ0v) is 14.4. The number of rotatable bonds is 4. The van der Waals surface area contributed by atoms with Crippen LogP contribution in [0.15, 0.2) is 61.0 Å². The van der Waals surface area contributed by atoms with Crippen LogP contribution in [0.5, 0.6) is 0 Å². The molecule has 1 radical (unpaired) electrons. The van der Waals surface area contributed by atoms with Crippen molar-refractivity contribution < 1.29 is 32.7 Å². The first-order valence-corrected chi connectivity index (χ1v) is 5.88. The maximum absolute atomic E-state index is 3.69. The van der Waals surface area contributed by atoms with E-state index in [4.69, 9.17) is 0 Å². The van der Waals surface area contributed by atoms with Gasteiger partial charge < -0.3 is 5.32 Å². The van der Waals surface area contributed by atoms with Crippen LogP contribution in [-0.4, -0.2) is 0 Å². The Morgan fingerprint density at radius 1 is 1.39 bits per heavy atom. The molecule has 0 aromatic carbocycles. The summed E-state index contributed by atoms with van der Waals surface area (Å²) in [6.07, 6.45) is 17.5. The average Bonchev–Trinajstić information content (AvgIpc) is 2.56. The molecule has 0 saturated carbocycles. The molecule has 0 aliphatic heterocycles. The standard InChI is InChI=1S/C14H15N.C2H6.Y/c1-4-7-13(5-2)15-14-9-6-8-12(3)10-11-14;1-2;/h4-6,8,10-12,15H,1-2H2,3H3;1-2H3;/q-2;;. The molecule has 0 aromatic rings. The molecule has 1 unspecified atom stereocenters. The minimum absolute atomic E-state index is 0. The fourth-order valence-corrected chi connectivity index (χ4v) is 1.13.